The number of ether oxygens (including phenoxy) is 2. The molecule has 0 saturated carbocycles. The Balaban J connectivity index is 2.39. The molecule has 0 aliphatic rings. The highest BCUT2D eigenvalue weighted by molar-refractivity contribution is 6.05. The Labute approximate surface area is 148 Å². The van der Waals surface area contributed by atoms with Crippen molar-refractivity contribution < 1.29 is 27.4 Å². The van der Waals surface area contributed by atoms with Gasteiger partial charge in [-0.15, -0.1) is 0 Å². The van der Waals surface area contributed by atoms with Gasteiger partial charge in [-0.05, 0) is 48.4 Å². The minimum atomic E-state index is -4.54. The third kappa shape index (κ3) is 4.26. The fraction of sp³-hybridized carbons (Fsp3) is 0.278. The molecule has 0 aliphatic heterocycles. The van der Waals surface area contributed by atoms with Crippen LogP contribution in [0.5, 0.6) is 11.5 Å². The molecule has 8 heteroatoms. The van der Waals surface area contributed by atoms with Crippen molar-refractivity contribution in [3.05, 3.63) is 52.6 Å². The van der Waals surface area contributed by atoms with Gasteiger partial charge in [0.25, 0.3) is 5.91 Å². The minimum absolute atomic E-state index is 0.0134. The van der Waals surface area contributed by atoms with E-state index in [1.807, 2.05) is 0 Å². The lowest BCUT2D eigenvalue weighted by Gasteiger charge is -2.15. The maximum Gasteiger partial charge on any atom is 0.416 e. The van der Waals surface area contributed by atoms with Gasteiger partial charge in [0.1, 0.15) is 0 Å². The SMILES string of the molecule is COc1cc(C)c(C(=O)Nc2cc(CN)cc(C(F)(F)F)c2)cc1OC. The molecule has 2 rings (SSSR count). The van der Waals surface area contributed by atoms with E-state index < -0.39 is 17.6 Å². The third-order valence-electron chi connectivity index (χ3n) is 3.79. The van der Waals surface area contributed by atoms with Crippen molar-refractivity contribution in [1.29, 1.82) is 0 Å². The van der Waals surface area contributed by atoms with Crippen LogP contribution in [0.15, 0.2) is 30.3 Å². The molecule has 2 aromatic carbocycles. The molecule has 0 aromatic heterocycles. The van der Waals surface area contributed by atoms with Gasteiger partial charge in [0, 0.05) is 17.8 Å². The minimum Gasteiger partial charge on any atom is -0.493 e. The average Bonchev–Trinajstić information content (AvgIpc) is 2.60. The molecular weight excluding hydrogens is 349 g/mol. The number of halogens is 3. The molecule has 0 fully saturated rings. The lowest BCUT2D eigenvalue weighted by Crippen LogP contribution is -2.15. The third-order valence-corrected chi connectivity index (χ3v) is 3.79. The van der Waals surface area contributed by atoms with E-state index >= 15 is 0 Å². The van der Waals surface area contributed by atoms with Crippen molar-refractivity contribution in [1.82, 2.24) is 0 Å². The molecule has 3 N–H and O–H groups in total. The number of methoxy groups -OCH3 is 2. The van der Waals surface area contributed by atoms with Crippen LogP contribution in [0, 0.1) is 6.92 Å². The van der Waals surface area contributed by atoms with Gasteiger partial charge in [-0.1, -0.05) is 0 Å². The number of hydrogen-bond acceptors (Lipinski definition) is 4. The Morgan fingerprint density at radius 2 is 1.69 bits per heavy atom. The Kier molecular flexibility index (Phi) is 5.76. The van der Waals surface area contributed by atoms with Gasteiger partial charge in [0.2, 0.25) is 0 Å². The summed E-state index contributed by atoms with van der Waals surface area (Å²) in [5.41, 5.74) is 5.71. The molecule has 5 nitrogen and oxygen atoms in total. The predicted octanol–water partition coefficient (Wildman–Crippen LogP) is 3.74. The fourth-order valence-electron chi connectivity index (χ4n) is 2.47. The summed E-state index contributed by atoms with van der Waals surface area (Å²) in [5.74, 6) is 0.228. The summed E-state index contributed by atoms with van der Waals surface area (Å²) in [6.45, 7) is 1.61. The highest BCUT2D eigenvalue weighted by atomic mass is 19.4. The van der Waals surface area contributed by atoms with E-state index in [1.165, 1.54) is 26.4 Å². The first-order valence-electron chi connectivity index (χ1n) is 7.64. The summed E-state index contributed by atoms with van der Waals surface area (Å²) in [6.07, 6.45) is -4.54. The molecule has 0 bridgehead atoms. The van der Waals surface area contributed by atoms with Crippen molar-refractivity contribution in [3.63, 3.8) is 0 Å². The van der Waals surface area contributed by atoms with Crippen LogP contribution in [0.1, 0.15) is 27.0 Å². The second kappa shape index (κ2) is 7.65. The Hall–Kier alpha value is -2.74. The molecule has 0 unspecified atom stereocenters. The number of alkyl halides is 3. The number of carbonyl (C=O) groups is 1. The average molecular weight is 368 g/mol. The van der Waals surface area contributed by atoms with Crippen LogP contribution >= 0.6 is 0 Å². The number of rotatable bonds is 5. The number of amides is 1. The Morgan fingerprint density at radius 3 is 2.23 bits per heavy atom. The zero-order valence-corrected chi connectivity index (χ0v) is 14.5. The number of nitrogens with two attached hydrogens (primary N) is 1. The number of hydrogen-bond donors (Lipinski definition) is 2. The molecule has 0 radical (unpaired) electrons. The maximum absolute atomic E-state index is 13.0. The van der Waals surface area contributed by atoms with Gasteiger partial charge in [-0.25, -0.2) is 0 Å². The monoisotopic (exact) mass is 368 g/mol. The lowest BCUT2D eigenvalue weighted by molar-refractivity contribution is -0.137. The highest BCUT2D eigenvalue weighted by Gasteiger charge is 2.31. The quantitative estimate of drug-likeness (QED) is 0.843. The molecular formula is C18H19F3N2O3. The van der Waals surface area contributed by atoms with Crippen LogP contribution in [-0.4, -0.2) is 20.1 Å². The van der Waals surface area contributed by atoms with Gasteiger partial charge in [-0.2, -0.15) is 13.2 Å². The van der Waals surface area contributed by atoms with E-state index in [0.29, 0.717) is 17.1 Å². The van der Waals surface area contributed by atoms with Crippen molar-refractivity contribution in [2.75, 3.05) is 19.5 Å². The summed E-state index contributed by atoms with van der Waals surface area (Å²) < 4.78 is 49.3. The number of benzene rings is 2. The molecule has 0 saturated heterocycles. The van der Waals surface area contributed by atoms with Crippen molar-refractivity contribution >= 4 is 11.6 Å². The number of carbonyl (C=O) groups excluding carboxylic acids is 1. The molecule has 140 valence electrons. The van der Waals surface area contributed by atoms with Gasteiger partial charge in [0.15, 0.2) is 11.5 Å². The topological polar surface area (TPSA) is 73.6 Å². The molecule has 1 amide bonds. The number of nitrogens with one attached hydrogen (secondary N) is 1. The summed E-state index contributed by atoms with van der Waals surface area (Å²) in [4.78, 5) is 12.5. The molecule has 2 aromatic rings. The largest absolute Gasteiger partial charge is 0.493 e. The summed E-state index contributed by atoms with van der Waals surface area (Å²) >= 11 is 0. The second-order valence-corrected chi connectivity index (χ2v) is 5.60. The van der Waals surface area contributed by atoms with Gasteiger partial charge in [-0.3, -0.25) is 4.79 Å². The van der Waals surface area contributed by atoms with Gasteiger partial charge < -0.3 is 20.5 Å². The van der Waals surface area contributed by atoms with Crippen molar-refractivity contribution in [2.24, 2.45) is 5.73 Å². The van der Waals surface area contributed by atoms with Crippen LogP contribution in [0.25, 0.3) is 0 Å². The Bertz CT molecular complexity index is 820. The van der Waals surface area contributed by atoms with Crippen molar-refractivity contribution in [2.45, 2.75) is 19.6 Å². The van der Waals surface area contributed by atoms with Gasteiger partial charge >= 0.3 is 6.18 Å². The van der Waals surface area contributed by atoms with E-state index in [2.05, 4.69) is 5.32 Å². The first-order chi connectivity index (χ1) is 12.2. The molecule has 0 spiro atoms. The van der Waals surface area contributed by atoms with Gasteiger partial charge in [0.05, 0.1) is 19.8 Å². The number of aryl methyl sites for hydroxylation is 1. The van der Waals surface area contributed by atoms with E-state index in [1.54, 1.807) is 13.0 Å². The molecule has 0 atom stereocenters. The lowest BCUT2D eigenvalue weighted by atomic mass is 10.1. The van der Waals surface area contributed by atoms with Crippen LogP contribution in [-0.2, 0) is 12.7 Å². The molecule has 0 heterocycles. The smallest absolute Gasteiger partial charge is 0.416 e. The maximum atomic E-state index is 13.0. The van der Waals surface area contributed by atoms with Crippen LogP contribution in [0.3, 0.4) is 0 Å². The van der Waals surface area contributed by atoms with E-state index in [4.69, 9.17) is 15.2 Å². The van der Waals surface area contributed by atoms with E-state index in [-0.39, 0.29) is 23.4 Å². The summed E-state index contributed by atoms with van der Waals surface area (Å²) in [6, 6.07) is 6.32. The van der Waals surface area contributed by atoms with Crippen LogP contribution in [0.4, 0.5) is 18.9 Å². The second-order valence-electron chi connectivity index (χ2n) is 5.60. The molecule has 0 aliphatic carbocycles. The first-order valence-corrected chi connectivity index (χ1v) is 7.64. The van der Waals surface area contributed by atoms with Crippen LogP contribution < -0.4 is 20.5 Å². The summed E-state index contributed by atoms with van der Waals surface area (Å²) in [7, 11) is 2.89. The predicted molar refractivity (Wildman–Crippen MR) is 91.6 cm³/mol. The Morgan fingerprint density at radius 1 is 1.08 bits per heavy atom. The number of anilines is 1. The highest BCUT2D eigenvalue weighted by Crippen LogP contribution is 2.33. The zero-order chi connectivity index (χ0) is 19.5. The zero-order valence-electron chi connectivity index (χ0n) is 14.5. The summed E-state index contributed by atoms with van der Waals surface area (Å²) in [5, 5.41) is 2.48. The normalized spacial score (nSPS) is 11.2. The van der Waals surface area contributed by atoms with Crippen molar-refractivity contribution in [3.8, 4) is 11.5 Å². The van der Waals surface area contributed by atoms with Crippen LogP contribution in [0.2, 0.25) is 0 Å². The molecule has 26 heavy (non-hydrogen) atoms. The standard InChI is InChI=1S/C18H19F3N2O3/c1-10-4-15(25-2)16(26-3)8-14(10)17(24)23-13-6-11(9-22)5-12(7-13)18(19,20)21/h4-8H,9,22H2,1-3H3,(H,23,24). The fourth-order valence-corrected chi connectivity index (χ4v) is 2.47. The van der Waals surface area contributed by atoms with E-state index in [9.17, 15) is 18.0 Å². The first kappa shape index (κ1) is 19.6. The van der Waals surface area contributed by atoms with E-state index in [0.717, 1.165) is 12.1 Å².